The van der Waals surface area contributed by atoms with Gasteiger partial charge in [0.2, 0.25) is 0 Å². The molecular formula is C12H18N2O2. The van der Waals surface area contributed by atoms with Crippen molar-refractivity contribution in [2.24, 2.45) is 5.92 Å². The number of nitrogens with one attached hydrogen (secondary N) is 1. The topological polar surface area (TPSA) is 75.4 Å². The Morgan fingerprint density at radius 1 is 1.56 bits per heavy atom. The SMILES string of the molecule is Cc1ccc(N)cc1C(=O)NCC(C)CO. The minimum atomic E-state index is -0.148. The molecule has 0 aliphatic carbocycles. The van der Waals surface area contributed by atoms with Crippen molar-refractivity contribution in [3.8, 4) is 0 Å². The number of aryl methyl sites for hydroxylation is 1. The second-order valence-electron chi connectivity index (χ2n) is 4.07. The van der Waals surface area contributed by atoms with Crippen molar-refractivity contribution < 1.29 is 9.90 Å². The van der Waals surface area contributed by atoms with E-state index < -0.39 is 0 Å². The normalized spacial score (nSPS) is 12.2. The smallest absolute Gasteiger partial charge is 0.251 e. The summed E-state index contributed by atoms with van der Waals surface area (Å²) in [5.74, 6) is -0.0876. The van der Waals surface area contributed by atoms with Crippen LogP contribution < -0.4 is 11.1 Å². The van der Waals surface area contributed by atoms with E-state index in [1.165, 1.54) is 0 Å². The molecule has 0 aromatic heterocycles. The Bertz CT molecular complexity index is 377. The highest BCUT2D eigenvalue weighted by Crippen LogP contribution is 2.12. The summed E-state index contributed by atoms with van der Waals surface area (Å²) in [6, 6.07) is 5.25. The largest absolute Gasteiger partial charge is 0.399 e. The Hall–Kier alpha value is -1.55. The summed E-state index contributed by atoms with van der Waals surface area (Å²) < 4.78 is 0. The molecule has 88 valence electrons. The molecule has 0 fully saturated rings. The molecule has 0 saturated heterocycles. The number of carbonyl (C=O) groups excluding carboxylic acids is 1. The van der Waals surface area contributed by atoms with Crippen molar-refractivity contribution in [1.29, 1.82) is 0 Å². The van der Waals surface area contributed by atoms with Crippen molar-refractivity contribution in [2.45, 2.75) is 13.8 Å². The lowest BCUT2D eigenvalue weighted by atomic mass is 10.1. The number of rotatable bonds is 4. The number of amides is 1. The summed E-state index contributed by atoms with van der Waals surface area (Å²) in [4.78, 5) is 11.8. The molecule has 0 radical (unpaired) electrons. The van der Waals surface area contributed by atoms with Gasteiger partial charge in [-0.05, 0) is 30.5 Å². The van der Waals surface area contributed by atoms with Gasteiger partial charge in [0.25, 0.3) is 5.91 Å². The van der Waals surface area contributed by atoms with Gasteiger partial charge in [0.1, 0.15) is 0 Å². The fourth-order valence-corrected chi connectivity index (χ4v) is 1.31. The number of carbonyl (C=O) groups is 1. The van der Waals surface area contributed by atoms with Gasteiger partial charge in [-0.1, -0.05) is 13.0 Å². The zero-order chi connectivity index (χ0) is 12.1. The van der Waals surface area contributed by atoms with Crippen molar-refractivity contribution in [3.63, 3.8) is 0 Å². The summed E-state index contributed by atoms with van der Waals surface area (Å²) in [5.41, 5.74) is 7.68. The van der Waals surface area contributed by atoms with E-state index in [2.05, 4.69) is 5.32 Å². The molecule has 1 aromatic rings. The predicted octanol–water partition coefficient (Wildman–Crippen LogP) is 0.935. The standard InChI is InChI=1S/C12H18N2O2/c1-8(7-15)6-14-12(16)11-5-10(13)4-3-9(11)2/h3-5,8,15H,6-7,13H2,1-2H3,(H,14,16). The maximum Gasteiger partial charge on any atom is 0.251 e. The van der Waals surface area contributed by atoms with Crippen LogP contribution >= 0.6 is 0 Å². The molecule has 4 nitrogen and oxygen atoms in total. The average Bonchev–Trinajstić information content (AvgIpc) is 2.28. The lowest BCUT2D eigenvalue weighted by Gasteiger charge is -2.11. The van der Waals surface area contributed by atoms with Gasteiger partial charge >= 0.3 is 0 Å². The van der Waals surface area contributed by atoms with Gasteiger partial charge in [-0.2, -0.15) is 0 Å². The molecule has 0 bridgehead atoms. The first kappa shape index (κ1) is 12.5. The molecule has 0 heterocycles. The maximum absolute atomic E-state index is 11.8. The van der Waals surface area contributed by atoms with E-state index in [0.29, 0.717) is 17.8 Å². The van der Waals surface area contributed by atoms with E-state index in [1.54, 1.807) is 12.1 Å². The first-order chi connectivity index (χ1) is 7.54. The second kappa shape index (κ2) is 5.51. The second-order valence-corrected chi connectivity index (χ2v) is 4.07. The molecule has 1 atom stereocenters. The van der Waals surface area contributed by atoms with Crippen LogP contribution in [0.5, 0.6) is 0 Å². The number of benzene rings is 1. The number of nitrogens with two attached hydrogens (primary N) is 1. The zero-order valence-electron chi connectivity index (χ0n) is 9.66. The lowest BCUT2D eigenvalue weighted by molar-refractivity contribution is 0.0941. The van der Waals surface area contributed by atoms with Crippen LogP contribution in [0.2, 0.25) is 0 Å². The summed E-state index contributed by atoms with van der Waals surface area (Å²) >= 11 is 0. The van der Waals surface area contributed by atoms with Crippen molar-refractivity contribution in [1.82, 2.24) is 5.32 Å². The maximum atomic E-state index is 11.8. The first-order valence-electron chi connectivity index (χ1n) is 5.29. The summed E-state index contributed by atoms with van der Waals surface area (Å²) in [6.45, 7) is 4.26. The molecule has 0 aliphatic heterocycles. The van der Waals surface area contributed by atoms with Crippen LogP contribution in [0, 0.1) is 12.8 Å². The Kier molecular flexibility index (Phi) is 4.31. The summed E-state index contributed by atoms with van der Waals surface area (Å²) in [7, 11) is 0. The Labute approximate surface area is 95.5 Å². The third kappa shape index (κ3) is 3.24. The fraction of sp³-hybridized carbons (Fsp3) is 0.417. The molecule has 1 rings (SSSR count). The molecule has 0 aliphatic rings. The Morgan fingerprint density at radius 3 is 2.88 bits per heavy atom. The van der Waals surface area contributed by atoms with E-state index in [1.807, 2.05) is 19.9 Å². The van der Waals surface area contributed by atoms with Gasteiger partial charge in [0.05, 0.1) is 0 Å². The van der Waals surface area contributed by atoms with E-state index in [0.717, 1.165) is 5.56 Å². The van der Waals surface area contributed by atoms with Crippen LogP contribution in [-0.2, 0) is 0 Å². The van der Waals surface area contributed by atoms with Crippen LogP contribution in [0.3, 0.4) is 0 Å². The van der Waals surface area contributed by atoms with Crippen LogP contribution in [0.4, 0.5) is 5.69 Å². The van der Waals surface area contributed by atoms with E-state index in [9.17, 15) is 4.79 Å². The van der Waals surface area contributed by atoms with Crippen LogP contribution in [-0.4, -0.2) is 24.2 Å². The first-order valence-corrected chi connectivity index (χ1v) is 5.29. The number of hydrogen-bond donors (Lipinski definition) is 3. The Morgan fingerprint density at radius 2 is 2.25 bits per heavy atom. The van der Waals surface area contributed by atoms with Crippen LogP contribution in [0.15, 0.2) is 18.2 Å². The molecule has 1 unspecified atom stereocenters. The highest BCUT2D eigenvalue weighted by molar-refractivity contribution is 5.96. The van der Waals surface area contributed by atoms with Crippen molar-refractivity contribution >= 4 is 11.6 Å². The summed E-state index contributed by atoms with van der Waals surface area (Å²) in [5, 5.41) is 11.6. The van der Waals surface area contributed by atoms with E-state index >= 15 is 0 Å². The van der Waals surface area contributed by atoms with Crippen molar-refractivity contribution in [3.05, 3.63) is 29.3 Å². The van der Waals surface area contributed by atoms with Gasteiger partial charge in [-0.3, -0.25) is 4.79 Å². The van der Waals surface area contributed by atoms with Gasteiger partial charge in [-0.25, -0.2) is 0 Å². The number of anilines is 1. The molecule has 4 heteroatoms. The predicted molar refractivity (Wildman–Crippen MR) is 64.2 cm³/mol. The number of nitrogen functional groups attached to an aromatic ring is 1. The average molecular weight is 222 g/mol. The lowest BCUT2D eigenvalue weighted by Crippen LogP contribution is -2.30. The third-order valence-corrected chi connectivity index (χ3v) is 2.43. The highest BCUT2D eigenvalue weighted by Gasteiger charge is 2.10. The van der Waals surface area contributed by atoms with Gasteiger partial charge < -0.3 is 16.2 Å². The molecule has 1 aromatic carbocycles. The molecule has 0 saturated carbocycles. The third-order valence-electron chi connectivity index (χ3n) is 2.43. The number of aliphatic hydroxyl groups is 1. The molecule has 0 spiro atoms. The van der Waals surface area contributed by atoms with Crippen molar-refractivity contribution in [2.75, 3.05) is 18.9 Å². The Balaban J connectivity index is 2.69. The number of aliphatic hydroxyl groups excluding tert-OH is 1. The molecule has 4 N–H and O–H groups in total. The van der Waals surface area contributed by atoms with Gasteiger partial charge in [0, 0.05) is 24.4 Å². The van der Waals surface area contributed by atoms with Gasteiger partial charge in [0.15, 0.2) is 0 Å². The van der Waals surface area contributed by atoms with Crippen LogP contribution in [0.25, 0.3) is 0 Å². The molecule has 1 amide bonds. The fourth-order valence-electron chi connectivity index (χ4n) is 1.31. The van der Waals surface area contributed by atoms with E-state index in [-0.39, 0.29) is 18.4 Å². The van der Waals surface area contributed by atoms with E-state index in [4.69, 9.17) is 10.8 Å². The van der Waals surface area contributed by atoms with Crippen LogP contribution in [0.1, 0.15) is 22.8 Å². The minimum Gasteiger partial charge on any atom is -0.399 e. The monoisotopic (exact) mass is 222 g/mol. The van der Waals surface area contributed by atoms with Gasteiger partial charge in [-0.15, -0.1) is 0 Å². The quantitative estimate of drug-likeness (QED) is 0.663. The minimum absolute atomic E-state index is 0.0605. The molecule has 16 heavy (non-hydrogen) atoms. The highest BCUT2D eigenvalue weighted by atomic mass is 16.3. The number of hydrogen-bond acceptors (Lipinski definition) is 3. The zero-order valence-corrected chi connectivity index (χ0v) is 9.66. The summed E-state index contributed by atoms with van der Waals surface area (Å²) in [6.07, 6.45) is 0. The molecular weight excluding hydrogens is 204 g/mol.